The van der Waals surface area contributed by atoms with Crippen molar-refractivity contribution in [2.75, 3.05) is 6.54 Å². The van der Waals surface area contributed by atoms with Crippen LogP contribution in [0.3, 0.4) is 0 Å². The van der Waals surface area contributed by atoms with Crippen LogP contribution in [0.5, 0.6) is 0 Å². The van der Waals surface area contributed by atoms with E-state index in [-0.39, 0.29) is 10.3 Å². The number of hydrogen-bond donors (Lipinski definition) is 1. The highest BCUT2D eigenvalue weighted by atomic mass is 32.2. The van der Waals surface area contributed by atoms with Gasteiger partial charge in [-0.05, 0) is 36.8 Å². The van der Waals surface area contributed by atoms with Gasteiger partial charge in [0.2, 0.25) is 10.0 Å². The van der Waals surface area contributed by atoms with Gasteiger partial charge in [-0.25, -0.2) is 17.5 Å². The van der Waals surface area contributed by atoms with Crippen molar-refractivity contribution in [2.45, 2.75) is 43.9 Å². The second-order valence-corrected chi connectivity index (χ2v) is 7.35. The fourth-order valence-corrected chi connectivity index (χ4v) is 4.26. The monoisotopic (exact) mass is 310 g/mol. The van der Waals surface area contributed by atoms with Crippen molar-refractivity contribution in [1.82, 2.24) is 4.72 Å². The summed E-state index contributed by atoms with van der Waals surface area (Å²) in [5.41, 5.74) is -0.435. The lowest BCUT2D eigenvalue weighted by molar-refractivity contribution is 0.285. The molecule has 2 rings (SSSR count). The molecular weight excluding hydrogens is 291 g/mol. The molecule has 1 aliphatic rings. The Morgan fingerprint density at radius 2 is 2.05 bits per heavy atom. The van der Waals surface area contributed by atoms with Gasteiger partial charge >= 0.3 is 0 Å². The Balaban J connectivity index is 2.24. The number of rotatable bonds is 5. The molecule has 0 aromatic heterocycles. The van der Waals surface area contributed by atoms with Crippen LogP contribution in [-0.2, 0) is 10.0 Å². The summed E-state index contributed by atoms with van der Waals surface area (Å²) in [6, 6.07) is 5.28. The minimum absolute atomic E-state index is 0.00674. The van der Waals surface area contributed by atoms with Crippen LogP contribution in [0.2, 0.25) is 0 Å². The minimum atomic E-state index is -3.87. The molecule has 0 unspecified atom stereocenters. The van der Waals surface area contributed by atoms with E-state index in [1.54, 1.807) is 6.07 Å². The van der Waals surface area contributed by atoms with Gasteiger partial charge in [-0.1, -0.05) is 25.8 Å². The van der Waals surface area contributed by atoms with E-state index in [1.165, 1.54) is 12.1 Å². The maximum atomic E-state index is 13.5. The molecule has 1 aromatic carbocycles. The molecule has 0 saturated heterocycles. The fraction of sp³-hybridized carbons (Fsp3) is 0.533. The van der Waals surface area contributed by atoms with Crippen molar-refractivity contribution in [3.8, 4) is 6.07 Å². The quantitative estimate of drug-likeness (QED) is 0.909. The van der Waals surface area contributed by atoms with Crippen LogP contribution < -0.4 is 4.72 Å². The van der Waals surface area contributed by atoms with E-state index in [0.29, 0.717) is 6.54 Å². The Morgan fingerprint density at radius 3 is 2.62 bits per heavy atom. The van der Waals surface area contributed by atoms with Gasteiger partial charge in [-0.15, -0.1) is 0 Å². The Kier molecular flexibility index (Phi) is 4.64. The lowest BCUT2D eigenvalue weighted by atomic mass is 9.84. The van der Waals surface area contributed by atoms with Gasteiger partial charge in [-0.2, -0.15) is 5.26 Å². The molecule has 1 saturated carbocycles. The first kappa shape index (κ1) is 15.9. The van der Waals surface area contributed by atoms with Crippen molar-refractivity contribution in [3.63, 3.8) is 0 Å². The summed E-state index contributed by atoms with van der Waals surface area (Å²) < 4.78 is 40.8. The van der Waals surface area contributed by atoms with E-state index in [4.69, 9.17) is 5.26 Å². The molecule has 4 nitrogen and oxygen atoms in total. The van der Waals surface area contributed by atoms with Gasteiger partial charge < -0.3 is 0 Å². The number of nitrogens with zero attached hydrogens (tertiary/aromatic N) is 1. The van der Waals surface area contributed by atoms with Gasteiger partial charge in [0.15, 0.2) is 0 Å². The minimum Gasteiger partial charge on any atom is -0.211 e. The molecule has 0 radical (unpaired) electrons. The van der Waals surface area contributed by atoms with Crippen LogP contribution >= 0.6 is 0 Å². The van der Waals surface area contributed by atoms with Crippen molar-refractivity contribution in [2.24, 2.45) is 5.41 Å². The first-order chi connectivity index (χ1) is 9.94. The maximum Gasteiger partial charge on any atom is 0.242 e. The summed E-state index contributed by atoms with van der Waals surface area (Å²) in [7, 11) is -3.87. The predicted octanol–water partition coefficient (Wildman–Crippen LogP) is 2.95. The van der Waals surface area contributed by atoms with Gasteiger partial charge in [-0.3, -0.25) is 0 Å². The molecule has 21 heavy (non-hydrogen) atoms. The summed E-state index contributed by atoms with van der Waals surface area (Å²) in [4.78, 5) is -0.283. The summed E-state index contributed by atoms with van der Waals surface area (Å²) in [5, 5.41) is 8.96. The van der Waals surface area contributed by atoms with Crippen LogP contribution in [0.15, 0.2) is 23.1 Å². The average molecular weight is 310 g/mol. The second-order valence-electron chi connectivity index (χ2n) is 5.61. The van der Waals surface area contributed by atoms with E-state index in [2.05, 4.69) is 11.6 Å². The summed E-state index contributed by atoms with van der Waals surface area (Å²) in [6.45, 7) is 2.40. The van der Waals surface area contributed by atoms with Crippen molar-refractivity contribution >= 4 is 10.0 Å². The first-order valence-corrected chi connectivity index (χ1v) is 8.61. The number of nitrogens with one attached hydrogen (secondary N) is 1. The van der Waals surface area contributed by atoms with Crippen LogP contribution in [0.25, 0.3) is 0 Å². The van der Waals surface area contributed by atoms with Crippen molar-refractivity contribution in [1.29, 1.82) is 5.26 Å². The zero-order chi connectivity index (χ0) is 15.5. The summed E-state index contributed by atoms with van der Waals surface area (Å²) >= 11 is 0. The molecule has 0 atom stereocenters. The molecule has 0 heterocycles. The van der Waals surface area contributed by atoms with Crippen molar-refractivity contribution in [3.05, 3.63) is 29.6 Å². The van der Waals surface area contributed by atoms with Gasteiger partial charge in [0.05, 0.1) is 0 Å². The third-order valence-electron chi connectivity index (χ3n) is 4.43. The maximum absolute atomic E-state index is 13.5. The van der Waals surface area contributed by atoms with Crippen molar-refractivity contribution < 1.29 is 12.8 Å². The molecule has 1 fully saturated rings. The highest BCUT2D eigenvalue weighted by molar-refractivity contribution is 7.89. The smallest absolute Gasteiger partial charge is 0.211 e. The molecule has 0 aliphatic heterocycles. The highest BCUT2D eigenvalue weighted by Crippen LogP contribution is 2.40. The molecule has 1 aliphatic carbocycles. The SMILES string of the molecule is CCC1(CNS(=O)(=O)c2cccc(F)c2C#N)CCCC1. The number of hydrogen-bond acceptors (Lipinski definition) is 3. The zero-order valence-electron chi connectivity index (χ0n) is 12.0. The lowest BCUT2D eigenvalue weighted by Crippen LogP contribution is -2.36. The Bertz CT molecular complexity index is 659. The predicted molar refractivity (Wildman–Crippen MR) is 77.5 cm³/mol. The van der Waals surface area contributed by atoms with E-state index in [9.17, 15) is 12.8 Å². The largest absolute Gasteiger partial charge is 0.242 e. The van der Waals surface area contributed by atoms with Crippen LogP contribution in [-0.4, -0.2) is 15.0 Å². The number of sulfonamides is 1. The van der Waals surface area contributed by atoms with Gasteiger partial charge in [0, 0.05) is 6.54 Å². The third kappa shape index (κ3) is 3.25. The van der Waals surface area contributed by atoms with E-state index < -0.39 is 21.4 Å². The molecule has 0 amide bonds. The second kappa shape index (κ2) is 6.12. The number of halogens is 1. The number of benzene rings is 1. The standard InChI is InChI=1S/C15H19FN2O2S/c1-2-15(8-3-4-9-15)11-18-21(19,20)14-7-5-6-13(16)12(14)10-17/h5-7,18H,2-4,8-9,11H2,1H3. The van der Waals surface area contributed by atoms with Crippen LogP contribution in [0.4, 0.5) is 4.39 Å². The molecular formula is C15H19FN2O2S. The molecule has 114 valence electrons. The molecule has 6 heteroatoms. The van der Waals surface area contributed by atoms with Crippen LogP contribution in [0, 0.1) is 22.6 Å². The summed E-state index contributed by atoms with van der Waals surface area (Å²) in [6.07, 6.45) is 5.13. The summed E-state index contributed by atoms with van der Waals surface area (Å²) in [5.74, 6) is -0.813. The molecule has 0 bridgehead atoms. The van der Waals surface area contributed by atoms with E-state index in [1.807, 2.05) is 0 Å². The van der Waals surface area contributed by atoms with E-state index >= 15 is 0 Å². The number of nitriles is 1. The Morgan fingerprint density at radius 1 is 1.38 bits per heavy atom. The third-order valence-corrected chi connectivity index (χ3v) is 5.87. The van der Waals surface area contributed by atoms with Crippen LogP contribution in [0.1, 0.15) is 44.6 Å². The normalized spacial score (nSPS) is 17.6. The lowest BCUT2D eigenvalue weighted by Gasteiger charge is -2.27. The Labute approximate surface area is 125 Å². The topological polar surface area (TPSA) is 70.0 Å². The zero-order valence-corrected chi connectivity index (χ0v) is 12.8. The highest BCUT2D eigenvalue weighted by Gasteiger charge is 2.33. The molecule has 1 aromatic rings. The Hall–Kier alpha value is -1.45. The first-order valence-electron chi connectivity index (χ1n) is 7.12. The average Bonchev–Trinajstić information content (AvgIpc) is 2.94. The van der Waals surface area contributed by atoms with E-state index in [0.717, 1.165) is 38.2 Å². The molecule has 1 N–H and O–H groups in total. The fourth-order valence-electron chi connectivity index (χ4n) is 2.94. The van der Waals surface area contributed by atoms with Gasteiger partial charge in [0.1, 0.15) is 22.3 Å². The molecule has 0 spiro atoms. The van der Waals surface area contributed by atoms with Gasteiger partial charge in [0.25, 0.3) is 0 Å².